The van der Waals surface area contributed by atoms with Crippen LogP contribution in [0.15, 0.2) is 36.5 Å². The van der Waals surface area contributed by atoms with E-state index >= 15 is 0 Å². The molecule has 0 unspecified atom stereocenters. The zero-order valence-electron chi connectivity index (χ0n) is 12.7. The van der Waals surface area contributed by atoms with Crippen molar-refractivity contribution < 1.29 is 5.11 Å². The first kappa shape index (κ1) is 18.2. The number of rotatable bonds is 13. The first-order valence-corrected chi connectivity index (χ1v) is 7.97. The van der Waals surface area contributed by atoms with E-state index in [0.29, 0.717) is 6.61 Å². The summed E-state index contributed by atoms with van der Waals surface area (Å²) in [6.07, 6.45) is 25.3. The van der Waals surface area contributed by atoms with E-state index in [1.54, 1.807) is 0 Å². The Morgan fingerprint density at radius 3 is 1.79 bits per heavy atom. The van der Waals surface area contributed by atoms with E-state index in [4.69, 9.17) is 5.11 Å². The SMILES string of the molecule is CCC/C=C/C/C=C/C/C=C/CCCCCCCO. The van der Waals surface area contributed by atoms with Gasteiger partial charge in [0.15, 0.2) is 0 Å². The van der Waals surface area contributed by atoms with Gasteiger partial charge in [-0.3, -0.25) is 0 Å². The Hall–Kier alpha value is -0.820. The maximum atomic E-state index is 8.65. The molecular formula is C18H32O. The highest BCUT2D eigenvalue weighted by molar-refractivity contribution is 4.97. The van der Waals surface area contributed by atoms with Crippen molar-refractivity contribution in [1.29, 1.82) is 0 Å². The Kier molecular flexibility index (Phi) is 16.4. The molecule has 0 atom stereocenters. The van der Waals surface area contributed by atoms with Gasteiger partial charge in [0.2, 0.25) is 0 Å². The van der Waals surface area contributed by atoms with Crippen molar-refractivity contribution in [2.75, 3.05) is 6.61 Å². The maximum Gasteiger partial charge on any atom is 0.0431 e. The lowest BCUT2D eigenvalue weighted by molar-refractivity contribution is 0.282. The van der Waals surface area contributed by atoms with Crippen molar-refractivity contribution in [2.24, 2.45) is 0 Å². The predicted octanol–water partition coefficient (Wildman–Crippen LogP) is 5.57. The monoisotopic (exact) mass is 264 g/mol. The van der Waals surface area contributed by atoms with Crippen LogP contribution in [0.4, 0.5) is 0 Å². The molecule has 0 saturated heterocycles. The Morgan fingerprint density at radius 2 is 1.16 bits per heavy atom. The average molecular weight is 264 g/mol. The van der Waals surface area contributed by atoms with Crippen molar-refractivity contribution >= 4 is 0 Å². The van der Waals surface area contributed by atoms with Gasteiger partial charge in [-0.05, 0) is 38.5 Å². The van der Waals surface area contributed by atoms with E-state index in [-0.39, 0.29) is 0 Å². The molecular weight excluding hydrogens is 232 g/mol. The summed E-state index contributed by atoms with van der Waals surface area (Å²) < 4.78 is 0. The van der Waals surface area contributed by atoms with Gasteiger partial charge in [-0.1, -0.05) is 69.1 Å². The Balaban J connectivity index is 3.22. The minimum atomic E-state index is 0.347. The van der Waals surface area contributed by atoms with Crippen LogP contribution in [0.1, 0.15) is 71.1 Å². The molecule has 0 spiro atoms. The molecule has 1 N–H and O–H groups in total. The largest absolute Gasteiger partial charge is 0.396 e. The van der Waals surface area contributed by atoms with Crippen LogP contribution in [0.25, 0.3) is 0 Å². The fraction of sp³-hybridized carbons (Fsp3) is 0.667. The van der Waals surface area contributed by atoms with Gasteiger partial charge in [-0.15, -0.1) is 0 Å². The lowest BCUT2D eigenvalue weighted by Crippen LogP contribution is -1.83. The van der Waals surface area contributed by atoms with Crippen LogP contribution in [-0.4, -0.2) is 11.7 Å². The molecule has 0 amide bonds. The van der Waals surface area contributed by atoms with Gasteiger partial charge in [0.05, 0.1) is 0 Å². The molecule has 0 aromatic heterocycles. The Morgan fingerprint density at radius 1 is 0.632 bits per heavy atom. The highest BCUT2D eigenvalue weighted by Crippen LogP contribution is 2.05. The van der Waals surface area contributed by atoms with Crippen molar-refractivity contribution in [3.63, 3.8) is 0 Å². The standard InChI is InChI=1S/C18H32O/c1-2-3-4-5-6-7-8-9-10-11-12-13-14-15-16-17-18-19/h4-5,7-8,10-11,19H,2-3,6,9,12-18H2,1H3/b5-4+,8-7+,11-10+. The van der Waals surface area contributed by atoms with Gasteiger partial charge in [-0.2, -0.15) is 0 Å². The summed E-state index contributed by atoms with van der Waals surface area (Å²) in [4.78, 5) is 0. The summed E-state index contributed by atoms with van der Waals surface area (Å²) >= 11 is 0. The summed E-state index contributed by atoms with van der Waals surface area (Å²) in [5.74, 6) is 0. The van der Waals surface area contributed by atoms with E-state index in [9.17, 15) is 0 Å². The van der Waals surface area contributed by atoms with Gasteiger partial charge in [0.1, 0.15) is 0 Å². The molecule has 0 saturated carbocycles. The smallest absolute Gasteiger partial charge is 0.0431 e. The third-order valence-corrected chi connectivity index (χ3v) is 3.03. The number of unbranched alkanes of at least 4 members (excludes halogenated alkanes) is 6. The Labute approximate surface area is 120 Å². The van der Waals surface area contributed by atoms with Crippen LogP contribution in [0.3, 0.4) is 0 Å². The zero-order valence-corrected chi connectivity index (χ0v) is 12.7. The lowest BCUT2D eigenvalue weighted by atomic mass is 10.1. The van der Waals surface area contributed by atoms with Gasteiger partial charge in [0.25, 0.3) is 0 Å². The fourth-order valence-electron chi connectivity index (χ4n) is 1.85. The second-order valence-electron chi connectivity index (χ2n) is 4.95. The van der Waals surface area contributed by atoms with Crippen LogP contribution in [0.5, 0.6) is 0 Å². The number of aliphatic hydroxyl groups excluding tert-OH is 1. The summed E-state index contributed by atoms with van der Waals surface area (Å²) in [7, 11) is 0. The molecule has 0 aliphatic heterocycles. The molecule has 110 valence electrons. The topological polar surface area (TPSA) is 20.2 Å². The zero-order chi connectivity index (χ0) is 14.0. The van der Waals surface area contributed by atoms with Crippen LogP contribution in [0, 0.1) is 0 Å². The molecule has 0 rings (SSSR count). The second-order valence-corrected chi connectivity index (χ2v) is 4.95. The highest BCUT2D eigenvalue weighted by Gasteiger charge is 1.87. The molecule has 0 aliphatic carbocycles. The summed E-state index contributed by atoms with van der Waals surface area (Å²) in [6, 6.07) is 0. The van der Waals surface area contributed by atoms with E-state index in [0.717, 1.165) is 19.3 Å². The summed E-state index contributed by atoms with van der Waals surface area (Å²) in [5, 5.41) is 8.65. The van der Waals surface area contributed by atoms with E-state index in [1.165, 1.54) is 44.9 Å². The van der Waals surface area contributed by atoms with E-state index in [1.807, 2.05) is 0 Å². The van der Waals surface area contributed by atoms with Gasteiger partial charge in [-0.25, -0.2) is 0 Å². The van der Waals surface area contributed by atoms with Gasteiger partial charge in [0, 0.05) is 6.61 Å². The molecule has 19 heavy (non-hydrogen) atoms. The third-order valence-electron chi connectivity index (χ3n) is 3.03. The fourth-order valence-corrected chi connectivity index (χ4v) is 1.85. The third kappa shape index (κ3) is 17.2. The quantitative estimate of drug-likeness (QED) is 0.340. The highest BCUT2D eigenvalue weighted by atomic mass is 16.2. The van der Waals surface area contributed by atoms with E-state index in [2.05, 4.69) is 43.4 Å². The normalized spacial score (nSPS) is 12.3. The van der Waals surface area contributed by atoms with Crippen molar-refractivity contribution in [2.45, 2.75) is 71.1 Å². The predicted molar refractivity (Wildman–Crippen MR) is 86.3 cm³/mol. The molecule has 0 aliphatic rings. The molecule has 0 bridgehead atoms. The molecule has 1 nitrogen and oxygen atoms in total. The first-order chi connectivity index (χ1) is 9.41. The first-order valence-electron chi connectivity index (χ1n) is 7.97. The molecule has 0 heterocycles. The number of allylic oxidation sites excluding steroid dienone is 6. The minimum Gasteiger partial charge on any atom is -0.396 e. The Bertz CT molecular complexity index is 238. The number of hydrogen-bond acceptors (Lipinski definition) is 1. The molecule has 0 aromatic carbocycles. The van der Waals surface area contributed by atoms with E-state index < -0.39 is 0 Å². The summed E-state index contributed by atoms with van der Waals surface area (Å²) in [5.41, 5.74) is 0. The molecule has 0 radical (unpaired) electrons. The van der Waals surface area contributed by atoms with Crippen LogP contribution >= 0.6 is 0 Å². The maximum absolute atomic E-state index is 8.65. The van der Waals surface area contributed by atoms with Crippen LogP contribution < -0.4 is 0 Å². The summed E-state index contributed by atoms with van der Waals surface area (Å²) in [6.45, 7) is 2.55. The lowest BCUT2D eigenvalue weighted by Gasteiger charge is -1.97. The van der Waals surface area contributed by atoms with Gasteiger partial charge < -0.3 is 5.11 Å². The van der Waals surface area contributed by atoms with Gasteiger partial charge >= 0.3 is 0 Å². The van der Waals surface area contributed by atoms with Crippen molar-refractivity contribution in [3.8, 4) is 0 Å². The number of aliphatic hydroxyl groups is 1. The minimum absolute atomic E-state index is 0.347. The van der Waals surface area contributed by atoms with Crippen LogP contribution in [-0.2, 0) is 0 Å². The van der Waals surface area contributed by atoms with Crippen molar-refractivity contribution in [1.82, 2.24) is 0 Å². The average Bonchev–Trinajstić information content (AvgIpc) is 2.43. The molecule has 0 aromatic rings. The van der Waals surface area contributed by atoms with Crippen LogP contribution in [0.2, 0.25) is 0 Å². The van der Waals surface area contributed by atoms with Crippen molar-refractivity contribution in [3.05, 3.63) is 36.5 Å². The molecule has 0 fully saturated rings. The molecule has 1 heteroatoms. The number of hydrogen-bond donors (Lipinski definition) is 1. The second kappa shape index (κ2) is 17.2.